The molecule has 0 saturated heterocycles. The molecular formula is C6H5N3O2. The number of carbonyl (C=O) groups excluding carboxylic acids is 1. The van der Waals surface area contributed by atoms with Crippen molar-refractivity contribution in [3.05, 3.63) is 18.0 Å². The van der Waals surface area contributed by atoms with Crippen molar-refractivity contribution in [1.82, 2.24) is 10.5 Å². The van der Waals surface area contributed by atoms with Crippen molar-refractivity contribution >= 4 is 5.91 Å². The van der Waals surface area contributed by atoms with Crippen LogP contribution in [0.15, 0.2) is 16.8 Å². The first kappa shape index (κ1) is 7.28. The topological polar surface area (TPSA) is 78.9 Å². The predicted molar refractivity (Wildman–Crippen MR) is 34.4 cm³/mol. The van der Waals surface area contributed by atoms with Gasteiger partial charge in [0, 0.05) is 6.07 Å². The highest BCUT2D eigenvalue weighted by Gasteiger charge is 2.06. The third-order valence-electron chi connectivity index (χ3n) is 0.990. The SMILES string of the molecule is N#CCNC(=O)c1ccno1. The molecule has 0 unspecified atom stereocenters. The summed E-state index contributed by atoms with van der Waals surface area (Å²) in [5.41, 5.74) is 0. The molecule has 0 bridgehead atoms. The lowest BCUT2D eigenvalue weighted by Crippen LogP contribution is -2.22. The number of nitrogens with zero attached hydrogens (tertiary/aromatic N) is 2. The predicted octanol–water partition coefficient (Wildman–Crippen LogP) is -0.0720. The van der Waals surface area contributed by atoms with Crippen LogP contribution >= 0.6 is 0 Å². The first-order valence-electron chi connectivity index (χ1n) is 2.90. The van der Waals surface area contributed by atoms with E-state index in [1.54, 1.807) is 6.07 Å². The number of amides is 1. The molecule has 1 amide bonds. The van der Waals surface area contributed by atoms with Crippen molar-refractivity contribution in [2.45, 2.75) is 0 Å². The van der Waals surface area contributed by atoms with E-state index in [0.717, 1.165) is 0 Å². The summed E-state index contributed by atoms with van der Waals surface area (Å²) in [5, 5.41) is 13.7. The van der Waals surface area contributed by atoms with Crippen LogP contribution in [0, 0.1) is 11.3 Å². The minimum absolute atomic E-state index is 0.0282. The minimum atomic E-state index is -0.427. The summed E-state index contributed by atoms with van der Waals surface area (Å²) in [5.74, 6) is -0.315. The molecule has 11 heavy (non-hydrogen) atoms. The van der Waals surface area contributed by atoms with Crippen molar-refractivity contribution in [2.75, 3.05) is 6.54 Å². The summed E-state index contributed by atoms with van der Waals surface area (Å²) in [6, 6.07) is 3.19. The minimum Gasteiger partial charge on any atom is -0.351 e. The highest BCUT2D eigenvalue weighted by Crippen LogP contribution is 1.94. The smallest absolute Gasteiger partial charge is 0.290 e. The quantitative estimate of drug-likeness (QED) is 0.600. The van der Waals surface area contributed by atoms with Gasteiger partial charge in [-0.05, 0) is 0 Å². The number of rotatable bonds is 2. The van der Waals surface area contributed by atoms with Crippen LogP contribution in [0.2, 0.25) is 0 Å². The zero-order valence-electron chi connectivity index (χ0n) is 5.57. The van der Waals surface area contributed by atoms with Crippen molar-refractivity contribution < 1.29 is 9.32 Å². The van der Waals surface area contributed by atoms with Crippen LogP contribution in [0.4, 0.5) is 0 Å². The molecule has 0 aliphatic heterocycles. The van der Waals surface area contributed by atoms with Gasteiger partial charge in [-0.3, -0.25) is 4.79 Å². The fourth-order valence-electron chi connectivity index (χ4n) is 0.540. The molecule has 1 aromatic rings. The highest BCUT2D eigenvalue weighted by atomic mass is 16.5. The lowest BCUT2D eigenvalue weighted by atomic mass is 10.4. The van der Waals surface area contributed by atoms with Crippen LogP contribution in [0.5, 0.6) is 0 Å². The molecule has 5 nitrogen and oxygen atoms in total. The standard InChI is InChI=1S/C6H5N3O2/c7-2-4-8-6(10)5-1-3-9-11-5/h1,3H,4H2,(H,8,10). The molecule has 1 N–H and O–H groups in total. The summed E-state index contributed by atoms with van der Waals surface area (Å²) in [6.07, 6.45) is 1.36. The molecule has 0 saturated carbocycles. The molecule has 56 valence electrons. The maximum Gasteiger partial charge on any atom is 0.290 e. The van der Waals surface area contributed by atoms with Crippen LogP contribution in [0.3, 0.4) is 0 Å². The van der Waals surface area contributed by atoms with Crippen LogP contribution in [-0.2, 0) is 0 Å². The Kier molecular flexibility index (Phi) is 2.23. The normalized spacial score (nSPS) is 8.64. The Balaban J connectivity index is 2.51. The first-order chi connectivity index (χ1) is 5.34. The molecule has 0 aliphatic carbocycles. The van der Waals surface area contributed by atoms with Crippen LogP contribution in [-0.4, -0.2) is 17.6 Å². The van der Waals surface area contributed by atoms with Gasteiger partial charge in [0.15, 0.2) is 0 Å². The monoisotopic (exact) mass is 151 g/mol. The number of hydrogen-bond donors (Lipinski definition) is 1. The van der Waals surface area contributed by atoms with E-state index in [4.69, 9.17) is 5.26 Å². The van der Waals surface area contributed by atoms with E-state index >= 15 is 0 Å². The maximum absolute atomic E-state index is 10.9. The van der Waals surface area contributed by atoms with E-state index in [2.05, 4.69) is 15.0 Å². The Bertz CT molecular complexity index is 273. The summed E-state index contributed by atoms with van der Waals surface area (Å²) in [4.78, 5) is 10.9. The van der Waals surface area contributed by atoms with Gasteiger partial charge in [0.1, 0.15) is 6.54 Å². The van der Waals surface area contributed by atoms with E-state index in [0.29, 0.717) is 0 Å². The third kappa shape index (κ3) is 1.79. The van der Waals surface area contributed by atoms with Gasteiger partial charge in [0.25, 0.3) is 5.91 Å². The lowest BCUT2D eigenvalue weighted by Gasteiger charge is -1.92. The molecule has 0 spiro atoms. The van der Waals surface area contributed by atoms with Crippen molar-refractivity contribution in [1.29, 1.82) is 5.26 Å². The van der Waals surface area contributed by atoms with Crippen LogP contribution in [0.1, 0.15) is 10.6 Å². The molecule has 1 aromatic heterocycles. The Morgan fingerprint density at radius 1 is 1.91 bits per heavy atom. The van der Waals surface area contributed by atoms with Gasteiger partial charge < -0.3 is 9.84 Å². The van der Waals surface area contributed by atoms with Gasteiger partial charge in [-0.25, -0.2) is 0 Å². The number of nitriles is 1. The Morgan fingerprint density at radius 2 is 2.73 bits per heavy atom. The molecule has 0 aliphatic rings. The van der Waals surface area contributed by atoms with Crippen molar-refractivity contribution in [2.24, 2.45) is 0 Å². The van der Waals surface area contributed by atoms with Gasteiger partial charge in [-0.2, -0.15) is 5.26 Å². The fourth-order valence-corrected chi connectivity index (χ4v) is 0.540. The zero-order chi connectivity index (χ0) is 8.10. The van der Waals surface area contributed by atoms with Crippen LogP contribution in [0.25, 0.3) is 0 Å². The molecule has 0 atom stereocenters. The summed E-state index contributed by atoms with van der Waals surface area (Å²) in [6.45, 7) is -0.0282. The van der Waals surface area contributed by atoms with Gasteiger partial charge in [0.05, 0.1) is 12.3 Å². The average molecular weight is 151 g/mol. The first-order valence-corrected chi connectivity index (χ1v) is 2.90. The van der Waals surface area contributed by atoms with E-state index in [9.17, 15) is 4.79 Å². The van der Waals surface area contributed by atoms with E-state index in [-0.39, 0.29) is 12.3 Å². The largest absolute Gasteiger partial charge is 0.351 e. The van der Waals surface area contributed by atoms with E-state index in [1.165, 1.54) is 12.3 Å². The zero-order valence-corrected chi connectivity index (χ0v) is 5.57. The molecule has 1 heterocycles. The fraction of sp³-hybridized carbons (Fsp3) is 0.167. The summed E-state index contributed by atoms with van der Waals surface area (Å²) in [7, 11) is 0. The van der Waals surface area contributed by atoms with E-state index in [1.807, 2.05) is 0 Å². The summed E-state index contributed by atoms with van der Waals surface area (Å²) >= 11 is 0. The van der Waals surface area contributed by atoms with Crippen LogP contribution < -0.4 is 5.32 Å². The molecular weight excluding hydrogens is 146 g/mol. The molecule has 0 aromatic carbocycles. The number of nitrogens with one attached hydrogen (secondary N) is 1. The molecule has 1 rings (SSSR count). The second-order valence-corrected chi connectivity index (χ2v) is 1.72. The maximum atomic E-state index is 10.9. The lowest BCUT2D eigenvalue weighted by molar-refractivity contribution is 0.0922. The van der Waals surface area contributed by atoms with Gasteiger partial charge in [0.2, 0.25) is 5.76 Å². The molecule has 0 radical (unpaired) electrons. The number of carbonyl (C=O) groups is 1. The second kappa shape index (κ2) is 3.37. The third-order valence-corrected chi connectivity index (χ3v) is 0.990. The Labute approximate surface area is 62.6 Å². The van der Waals surface area contributed by atoms with Gasteiger partial charge in [-0.15, -0.1) is 0 Å². The number of hydrogen-bond acceptors (Lipinski definition) is 4. The second-order valence-electron chi connectivity index (χ2n) is 1.72. The highest BCUT2D eigenvalue weighted by molar-refractivity contribution is 5.91. The van der Waals surface area contributed by atoms with Crippen molar-refractivity contribution in [3.63, 3.8) is 0 Å². The number of aromatic nitrogens is 1. The summed E-state index contributed by atoms with van der Waals surface area (Å²) < 4.78 is 4.52. The Morgan fingerprint density at radius 3 is 3.27 bits per heavy atom. The van der Waals surface area contributed by atoms with E-state index < -0.39 is 5.91 Å². The van der Waals surface area contributed by atoms with Gasteiger partial charge >= 0.3 is 0 Å². The molecule has 5 heteroatoms. The van der Waals surface area contributed by atoms with Gasteiger partial charge in [-0.1, -0.05) is 5.16 Å². The van der Waals surface area contributed by atoms with Crippen molar-refractivity contribution in [3.8, 4) is 6.07 Å². The molecule has 0 fully saturated rings. The Hall–Kier alpha value is -1.83. The average Bonchev–Trinajstić information content (AvgIpc) is 2.52.